The Morgan fingerprint density at radius 3 is 2.41 bits per heavy atom. The molecule has 2 aliphatic heterocycles. The predicted octanol–water partition coefficient (Wildman–Crippen LogP) is 2.06. The maximum absolute atomic E-state index is 12.3. The van der Waals surface area contributed by atoms with Crippen molar-refractivity contribution < 1.29 is 14.7 Å². The van der Waals surface area contributed by atoms with E-state index in [2.05, 4.69) is 6.07 Å². The molecule has 1 N–H and O–H groups in total. The van der Waals surface area contributed by atoms with Gasteiger partial charge in [0, 0.05) is 37.2 Å². The first kappa shape index (κ1) is 14.4. The van der Waals surface area contributed by atoms with Crippen molar-refractivity contribution in [3.63, 3.8) is 0 Å². The lowest BCUT2D eigenvalue weighted by Gasteiger charge is -2.37. The summed E-state index contributed by atoms with van der Waals surface area (Å²) in [6, 6.07) is 9.07. The molecule has 114 valence electrons. The van der Waals surface area contributed by atoms with E-state index >= 15 is 0 Å². The van der Waals surface area contributed by atoms with Crippen LogP contribution in [0, 0.1) is 16.7 Å². The molecule has 3 rings (SSSR count). The van der Waals surface area contributed by atoms with E-state index in [-0.39, 0.29) is 11.3 Å². The highest BCUT2D eigenvalue weighted by molar-refractivity contribution is 5.96. The highest BCUT2D eigenvalue weighted by Gasteiger charge is 2.45. The number of amides is 2. The number of hydrogen-bond acceptors (Lipinski definition) is 3. The molecule has 1 aromatic carbocycles. The van der Waals surface area contributed by atoms with Gasteiger partial charge in [0.1, 0.15) is 0 Å². The van der Waals surface area contributed by atoms with Gasteiger partial charge in [-0.05, 0) is 37.1 Å². The Morgan fingerprint density at radius 2 is 1.86 bits per heavy atom. The minimum Gasteiger partial charge on any atom is -0.465 e. The monoisotopic (exact) mass is 299 g/mol. The van der Waals surface area contributed by atoms with Gasteiger partial charge in [-0.25, -0.2) is 4.79 Å². The Morgan fingerprint density at radius 1 is 1.23 bits per heavy atom. The minimum atomic E-state index is -0.886. The Labute approximate surface area is 128 Å². The second-order valence-electron chi connectivity index (χ2n) is 6.08. The van der Waals surface area contributed by atoms with Crippen LogP contribution in [0.5, 0.6) is 0 Å². The van der Waals surface area contributed by atoms with Crippen molar-refractivity contribution in [1.82, 2.24) is 4.90 Å². The smallest absolute Gasteiger partial charge is 0.407 e. The molecule has 0 radical (unpaired) electrons. The Hall–Kier alpha value is -2.55. The van der Waals surface area contributed by atoms with E-state index < -0.39 is 6.09 Å². The number of benzene rings is 1. The molecule has 6 nitrogen and oxygen atoms in total. The van der Waals surface area contributed by atoms with Gasteiger partial charge < -0.3 is 14.9 Å². The minimum absolute atomic E-state index is 0.0773. The lowest BCUT2D eigenvalue weighted by molar-refractivity contribution is -0.118. The van der Waals surface area contributed by atoms with Crippen LogP contribution in [0.4, 0.5) is 10.5 Å². The lowest BCUT2D eigenvalue weighted by atomic mass is 9.78. The predicted molar refractivity (Wildman–Crippen MR) is 79.4 cm³/mol. The summed E-state index contributed by atoms with van der Waals surface area (Å²) < 4.78 is 0. The molecule has 22 heavy (non-hydrogen) atoms. The third-order valence-electron chi connectivity index (χ3n) is 4.72. The van der Waals surface area contributed by atoms with Crippen LogP contribution in [0.25, 0.3) is 0 Å². The molecule has 0 saturated carbocycles. The average molecular weight is 299 g/mol. The number of rotatable bonds is 1. The number of anilines is 1. The van der Waals surface area contributed by atoms with Crippen LogP contribution < -0.4 is 4.90 Å². The maximum atomic E-state index is 12.3. The van der Waals surface area contributed by atoms with E-state index in [1.54, 1.807) is 29.2 Å². The van der Waals surface area contributed by atoms with E-state index in [1.807, 2.05) is 0 Å². The van der Waals surface area contributed by atoms with Gasteiger partial charge in [-0.1, -0.05) is 0 Å². The van der Waals surface area contributed by atoms with E-state index in [4.69, 9.17) is 10.4 Å². The number of carbonyl (C=O) groups excluding carboxylic acids is 1. The first-order valence-corrected chi connectivity index (χ1v) is 7.31. The van der Waals surface area contributed by atoms with E-state index in [1.165, 1.54) is 4.90 Å². The van der Waals surface area contributed by atoms with Crippen molar-refractivity contribution >= 4 is 17.7 Å². The Bertz CT molecular complexity index is 640. The van der Waals surface area contributed by atoms with Gasteiger partial charge in [-0.3, -0.25) is 4.79 Å². The molecule has 1 aromatic rings. The lowest BCUT2D eigenvalue weighted by Crippen LogP contribution is -2.43. The number of carboxylic acid groups (broad SMARTS) is 1. The molecule has 2 fully saturated rings. The zero-order chi connectivity index (χ0) is 15.7. The summed E-state index contributed by atoms with van der Waals surface area (Å²) in [7, 11) is 0. The summed E-state index contributed by atoms with van der Waals surface area (Å²) in [5.41, 5.74) is 1.26. The summed E-state index contributed by atoms with van der Waals surface area (Å²) in [5.74, 6) is 0.0773. The highest BCUT2D eigenvalue weighted by Crippen LogP contribution is 2.42. The summed E-state index contributed by atoms with van der Waals surface area (Å²) in [6.07, 6.45) is 1.03. The molecule has 2 aliphatic rings. The zero-order valence-corrected chi connectivity index (χ0v) is 12.2. The number of nitriles is 1. The van der Waals surface area contributed by atoms with Gasteiger partial charge in [-0.15, -0.1) is 0 Å². The first-order valence-electron chi connectivity index (χ1n) is 7.31. The first-order chi connectivity index (χ1) is 10.5. The maximum Gasteiger partial charge on any atom is 0.407 e. The summed E-state index contributed by atoms with van der Waals surface area (Å²) >= 11 is 0. The van der Waals surface area contributed by atoms with Crippen molar-refractivity contribution in [2.45, 2.75) is 19.3 Å². The van der Waals surface area contributed by atoms with Crippen LogP contribution in [-0.4, -0.2) is 41.6 Å². The molecular weight excluding hydrogens is 282 g/mol. The molecule has 0 aromatic heterocycles. The molecule has 6 heteroatoms. The average Bonchev–Trinajstić information content (AvgIpc) is 2.84. The van der Waals surface area contributed by atoms with Crippen LogP contribution in [0.1, 0.15) is 24.8 Å². The van der Waals surface area contributed by atoms with Gasteiger partial charge in [0.05, 0.1) is 11.6 Å². The third kappa shape index (κ3) is 2.50. The van der Waals surface area contributed by atoms with Crippen molar-refractivity contribution in [2.24, 2.45) is 5.41 Å². The van der Waals surface area contributed by atoms with Crippen molar-refractivity contribution in [3.8, 4) is 6.07 Å². The molecule has 2 amide bonds. The van der Waals surface area contributed by atoms with Gasteiger partial charge in [0.25, 0.3) is 0 Å². The molecule has 0 unspecified atom stereocenters. The van der Waals surface area contributed by atoms with Crippen molar-refractivity contribution in [2.75, 3.05) is 24.5 Å². The summed E-state index contributed by atoms with van der Waals surface area (Å²) in [4.78, 5) is 26.5. The number of likely N-dealkylation sites (tertiary alicyclic amines) is 1. The molecule has 0 bridgehead atoms. The van der Waals surface area contributed by atoms with E-state index in [0.717, 1.165) is 18.5 Å². The van der Waals surface area contributed by atoms with Crippen LogP contribution in [0.3, 0.4) is 0 Å². The van der Waals surface area contributed by atoms with Gasteiger partial charge in [0.15, 0.2) is 0 Å². The molecule has 0 atom stereocenters. The van der Waals surface area contributed by atoms with Crippen LogP contribution in [0.2, 0.25) is 0 Å². The Kier molecular flexibility index (Phi) is 3.49. The van der Waals surface area contributed by atoms with Gasteiger partial charge in [0.2, 0.25) is 5.91 Å². The molecule has 1 spiro atoms. The van der Waals surface area contributed by atoms with Gasteiger partial charge in [-0.2, -0.15) is 5.26 Å². The second kappa shape index (κ2) is 5.34. The highest BCUT2D eigenvalue weighted by atomic mass is 16.4. The summed E-state index contributed by atoms with van der Waals surface area (Å²) in [5, 5.41) is 17.9. The standard InChI is InChI=1S/C16H17N3O3/c17-10-12-1-3-13(4-2-12)19-11-16(9-14(19)20)5-7-18(8-6-16)15(21)22/h1-4H,5-9,11H2,(H,21,22). The quantitative estimate of drug-likeness (QED) is 0.860. The van der Waals surface area contributed by atoms with Crippen LogP contribution in [0.15, 0.2) is 24.3 Å². The normalized spacial score (nSPS) is 20.2. The Balaban J connectivity index is 1.73. The fraction of sp³-hybridized carbons (Fsp3) is 0.438. The third-order valence-corrected chi connectivity index (χ3v) is 4.72. The molecule has 2 heterocycles. The fourth-order valence-electron chi connectivity index (χ4n) is 3.35. The topological polar surface area (TPSA) is 84.6 Å². The van der Waals surface area contributed by atoms with E-state index in [0.29, 0.717) is 31.6 Å². The van der Waals surface area contributed by atoms with E-state index in [9.17, 15) is 9.59 Å². The number of hydrogen-bond donors (Lipinski definition) is 1. The number of carbonyl (C=O) groups is 2. The van der Waals surface area contributed by atoms with Crippen LogP contribution in [-0.2, 0) is 4.79 Å². The molecule has 0 aliphatic carbocycles. The molecular formula is C16H17N3O3. The van der Waals surface area contributed by atoms with Crippen LogP contribution >= 0.6 is 0 Å². The fourth-order valence-corrected chi connectivity index (χ4v) is 3.35. The number of nitrogens with zero attached hydrogens (tertiary/aromatic N) is 3. The molecule has 2 saturated heterocycles. The summed E-state index contributed by atoms with van der Waals surface area (Å²) in [6.45, 7) is 1.61. The zero-order valence-electron chi connectivity index (χ0n) is 12.2. The largest absolute Gasteiger partial charge is 0.465 e. The number of piperidine rings is 1. The SMILES string of the molecule is N#Cc1ccc(N2CC3(CCN(C(=O)O)CC3)CC2=O)cc1. The van der Waals surface area contributed by atoms with Gasteiger partial charge >= 0.3 is 6.09 Å². The second-order valence-corrected chi connectivity index (χ2v) is 6.08. The van der Waals surface area contributed by atoms with Crippen molar-refractivity contribution in [3.05, 3.63) is 29.8 Å². The van der Waals surface area contributed by atoms with Crippen molar-refractivity contribution in [1.29, 1.82) is 5.26 Å².